The van der Waals surface area contributed by atoms with Crippen LogP contribution < -0.4 is 14.8 Å². The van der Waals surface area contributed by atoms with E-state index in [1.54, 1.807) is 14.2 Å². The second-order valence-electron chi connectivity index (χ2n) is 6.89. The Hall–Kier alpha value is -2.93. The molecule has 0 unspecified atom stereocenters. The van der Waals surface area contributed by atoms with Gasteiger partial charge in [0.2, 0.25) is 11.0 Å². The number of benzene rings is 2. The van der Waals surface area contributed by atoms with Crippen molar-refractivity contribution in [2.75, 3.05) is 19.5 Å². The van der Waals surface area contributed by atoms with Gasteiger partial charge in [0.05, 0.1) is 14.2 Å². The average molecular weight is 412 g/mol. The standard InChI is InChI=1S/C22H25N3O3S/c1-14(2)15-8-10-17(11-9-15)21-24-25-22(29-21)23-19(26)13-12-16-6-5-7-18(27-3)20(16)28-4/h5-11,14H,12-13H2,1-4H3,(H,23,25,26). The third-order valence-corrected chi connectivity index (χ3v) is 5.49. The van der Waals surface area contributed by atoms with Crippen molar-refractivity contribution in [2.24, 2.45) is 0 Å². The fourth-order valence-corrected chi connectivity index (χ4v) is 3.75. The third-order valence-electron chi connectivity index (χ3n) is 4.60. The molecule has 29 heavy (non-hydrogen) atoms. The number of para-hydroxylation sites is 1. The number of nitrogens with zero attached hydrogens (tertiary/aromatic N) is 2. The minimum atomic E-state index is -0.118. The summed E-state index contributed by atoms with van der Waals surface area (Å²) in [6, 6.07) is 13.9. The highest BCUT2D eigenvalue weighted by atomic mass is 32.1. The molecule has 6 nitrogen and oxygen atoms in total. The highest BCUT2D eigenvalue weighted by Crippen LogP contribution is 2.32. The van der Waals surface area contributed by atoms with E-state index in [-0.39, 0.29) is 5.91 Å². The predicted molar refractivity (Wildman–Crippen MR) is 116 cm³/mol. The number of nitrogens with one attached hydrogen (secondary N) is 1. The van der Waals surface area contributed by atoms with Crippen molar-refractivity contribution in [1.29, 1.82) is 0 Å². The summed E-state index contributed by atoms with van der Waals surface area (Å²) in [5.74, 6) is 1.68. The van der Waals surface area contributed by atoms with E-state index in [1.165, 1.54) is 16.9 Å². The normalized spacial score (nSPS) is 10.8. The van der Waals surface area contributed by atoms with E-state index in [9.17, 15) is 4.79 Å². The van der Waals surface area contributed by atoms with Crippen LogP contribution in [0.3, 0.4) is 0 Å². The molecule has 1 amide bonds. The van der Waals surface area contributed by atoms with Crippen LogP contribution in [0.2, 0.25) is 0 Å². The van der Waals surface area contributed by atoms with Gasteiger partial charge in [-0.15, -0.1) is 10.2 Å². The van der Waals surface area contributed by atoms with Gasteiger partial charge in [-0.25, -0.2) is 0 Å². The van der Waals surface area contributed by atoms with Crippen molar-refractivity contribution in [1.82, 2.24) is 10.2 Å². The Kier molecular flexibility index (Phi) is 6.82. The van der Waals surface area contributed by atoms with E-state index < -0.39 is 0 Å². The SMILES string of the molecule is COc1cccc(CCC(=O)Nc2nnc(-c3ccc(C(C)C)cc3)s2)c1OC. The number of anilines is 1. The Balaban J connectivity index is 1.61. The number of carbonyl (C=O) groups is 1. The second-order valence-corrected chi connectivity index (χ2v) is 7.87. The number of methoxy groups -OCH3 is 2. The minimum Gasteiger partial charge on any atom is -0.493 e. The summed E-state index contributed by atoms with van der Waals surface area (Å²) >= 11 is 1.37. The zero-order valence-electron chi connectivity index (χ0n) is 17.1. The molecule has 3 aromatic rings. The largest absolute Gasteiger partial charge is 0.493 e. The van der Waals surface area contributed by atoms with E-state index >= 15 is 0 Å². The van der Waals surface area contributed by atoms with Crippen molar-refractivity contribution in [2.45, 2.75) is 32.6 Å². The van der Waals surface area contributed by atoms with E-state index in [1.807, 2.05) is 30.3 Å². The van der Waals surface area contributed by atoms with E-state index in [4.69, 9.17) is 9.47 Å². The molecular formula is C22H25N3O3S. The molecule has 1 aromatic heterocycles. The van der Waals surface area contributed by atoms with Crippen LogP contribution in [-0.2, 0) is 11.2 Å². The van der Waals surface area contributed by atoms with E-state index in [0.29, 0.717) is 35.4 Å². The first-order valence-corrected chi connectivity index (χ1v) is 10.3. The minimum absolute atomic E-state index is 0.118. The number of ether oxygens (including phenoxy) is 2. The molecule has 2 aromatic carbocycles. The molecule has 0 spiro atoms. The first-order valence-electron chi connectivity index (χ1n) is 9.45. The zero-order chi connectivity index (χ0) is 20.8. The molecule has 0 aliphatic carbocycles. The molecule has 3 rings (SSSR count). The summed E-state index contributed by atoms with van der Waals surface area (Å²) in [5.41, 5.74) is 3.19. The van der Waals surface area contributed by atoms with Crippen LogP contribution in [0.15, 0.2) is 42.5 Å². The van der Waals surface area contributed by atoms with Crippen molar-refractivity contribution >= 4 is 22.4 Å². The van der Waals surface area contributed by atoms with Gasteiger partial charge in [0.25, 0.3) is 0 Å². The lowest BCUT2D eigenvalue weighted by molar-refractivity contribution is -0.116. The molecule has 0 radical (unpaired) electrons. The fraction of sp³-hybridized carbons (Fsp3) is 0.318. The summed E-state index contributed by atoms with van der Waals surface area (Å²) in [7, 11) is 3.19. The monoisotopic (exact) mass is 411 g/mol. The van der Waals surface area contributed by atoms with Crippen LogP contribution in [-0.4, -0.2) is 30.3 Å². The molecule has 0 atom stereocenters. The van der Waals surface area contributed by atoms with Gasteiger partial charge in [-0.05, 0) is 29.5 Å². The van der Waals surface area contributed by atoms with Crippen molar-refractivity contribution in [3.05, 3.63) is 53.6 Å². The number of carbonyl (C=O) groups excluding carboxylic acids is 1. The number of aromatic nitrogens is 2. The topological polar surface area (TPSA) is 73.3 Å². The number of hydrogen-bond acceptors (Lipinski definition) is 6. The van der Waals surface area contributed by atoms with Gasteiger partial charge in [0.1, 0.15) is 5.01 Å². The quantitative estimate of drug-likeness (QED) is 0.570. The molecular weight excluding hydrogens is 386 g/mol. The molecule has 0 saturated heterocycles. The Morgan fingerprint density at radius 1 is 1.07 bits per heavy atom. The van der Waals surface area contributed by atoms with Gasteiger partial charge in [0.15, 0.2) is 11.5 Å². The Morgan fingerprint density at radius 2 is 1.83 bits per heavy atom. The molecule has 7 heteroatoms. The first kappa shape index (κ1) is 20.8. The average Bonchev–Trinajstić information content (AvgIpc) is 3.20. The second kappa shape index (κ2) is 9.52. The van der Waals surface area contributed by atoms with Crippen LogP contribution >= 0.6 is 11.3 Å². The number of amides is 1. The molecule has 0 fully saturated rings. The first-order chi connectivity index (χ1) is 14.0. The van der Waals surface area contributed by atoms with Crippen LogP contribution in [0, 0.1) is 0 Å². The Labute approximate surface area is 174 Å². The van der Waals surface area contributed by atoms with Crippen LogP contribution in [0.1, 0.15) is 37.3 Å². The van der Waals surface area contributed by atoms with Crippen LogP contribution in [0.25, 0.3) is 10.6 Å². The summed E-state index contributed by atoms with van der Waals surface area (Å²) < 4.78 is 10.7. The molecule has 152 valence electrons. The number of hydrogen-bond donors (Lipinski definition) is 1. The highest BCUT2D eigenvalue weighted by molar-refractivity contribution is 7.18. The Bertz CT molecular complexity index is 968. The summed E-state index contributed by atoms with van der Waals surface area (Å²) in [4.78, 5) is 12.4. The van der Waals surface area contributed by atoms with Crippen LogP contribution in [0.4, 0.5) is 5.13 Å². The number of aryl methyl sites for hydroxylation is 1. The maximum absolute atomic E-state index is 12.4. The van der Waals surface area contributed by atoms with Crippen LogP contribution in [0.5, 0.6) is 11.5 Å². The van der Waals surface area contributed by atoms with Gasteiger partial charge >= 0.3 is 0 Å². The maximum atomic E-state index is 12.4. The fourth-order valence-electron chi connectivity index (χ4n) is 2.98. The lowest BCUT2D eigenvalue weighted by Crippen LogP contribution is -2.12. The molecule has 1 heterocycles. The predicted octanol–water partition coefficient (Wildman–Crippen LogP) is 4.92. The van der Waals surface area contributed by atoms with Gasteiger partial charge in [0, 0.05) is 12.0 Å². The maximum Gasteiger partial charge on any atom is 0.226 e. The van der Waals surface area contributed by atoms with Crippen molar-refractivity contribution in [3.8, 4) is 22.1 Å². The lowest BCUT2D eigenvalue weighted by Gasteiger charge is -2.12. The van der Waals surface area contributed by atoms with Gasteiger partial charge < -0.3 is 14.8 Å². The number of rotatable bonds is 8. The van der Waals surface area contributed by atoms with Crippen molar-refractivity contribution < 1.29 is 14.3 Å². The zero-order valence-corrected chi connectivity index (χ0v) is 17.9. The summed E-state index contributed by atoms with van der Waals surface area (Å²) in [6.07, 6.45) is 0.843. The van der Waals surface area contributed by atoms with Gasteiger partial charge in [-0.1, -0.05) is 61.6 Å². The molecule has 1 N–H and O–H groups in total. The molecule has 0 bridgehead atoms. The smallest absolute Gasteiger partial charge is 0.226 e. The van der Waals surface area contributed by atoms with Crippen molar-refractivity contribution in [3.63, 3.8) is 0 Å². The summed E-state index contributed by atoms with van der Waals surface area (Å²) in [5, 5.41) is 12.4. The molecule has 0 saturated carbocycles. The highest BCUT2D eigenvalue weighted by Gasteiger charge is 2.13. The lowest BCUT2D eigenvalue weighted by atomic mass is 10.0. The molecule has 0 aliphatic heterocycles. The molecule has 0 aliphatic rings. The Morgan fingerprint density at radius 3 is 2.48 bits per heavy atom. The summed E-state index contributed by atoms with van der Waals surface area (Å²) in [6.45, 7) is 4.32. The van der Waals surface area contributed by atoms with E-state index in [2.05, 4.69) is 41.5 Å². The van der Waals surface area contributed by atoms with Gasteiger partial charge in [-0.3, -0.25) is 4.79 Å². The van der Waals surface area contributed by atoms with E-state index in [0.717, 1.165) is 16.1 Å². The third kappa shape index (κ3) is 5.12. The van der Waals surface area contributed by atoms with Gasteiger partial charge in [-0.2, -0.15) is 0 Å².